The Hall–Kier alpha value is -3.08. The van der Waals surface area contributed by atoms with E-state index in [-0.39, 0.29) is 5.97 Å². The number of fused-ring (bicyclic) bond motifs is 1. The van der Waals surface area contributed by atoms with Crippen LogP contribution in [0.5, 0.6) is 5.75 Å². The Morgan fingerprint density at radius 1 is 1.07 bits per heavy atom. The van der Waals surface area contributed by atoms with Gasteiger partial charge in [-0.25, -0.2) is 4.98 Å². The van der Waals surface area contributed by atoms with Crippen molar-refractivity contribution in [2.75, 3.05) is 26.1 Å². The number of methoxy groups -OCH3 is 2. The summed E-state index contributed by atoms with van der Waals surface area (Å²) in [4.78, 5) is 16.1. The van der Waals surface area contributed by atoms with Crippen molar-refractivity contribution in [1.82, 2.24) is 4.98 Å². The molecule has 0 saturated heterocycles. The van der Waals surface area contributed by atoms with Gasteiger partial charge in [0.15, 0.2) is 0 Å². The van der Waals surface area contributed by atoms with Gasteiger partial charge in [-0.15, -0.1) is 0 Å². The van der Waals surface area contributed by atoms with Crippen molar-refractivity contribution in [3.63, 3.8) is 0 Å². The third kappa shape index (κ3) is 4.09. The summed E-state index contributed by atoms with van der Waals surface area (Å²) in [7, 11) is 3.08. The molecule has 28 heavy (non-hydrogen) atoms. The fourth-order valence-corrected chi connectivity index (χ4v) is 3.28. The van der Waals surface area contributed by atoms with Crippen LogP contribution in [0.1, 0.15) is 24.5 Å². The molecule has 1 heterocycles. The Labute approximate surface area is 165 Å². The average molecular weight is 378 g/mol. The van der Waals surface area contributed by atoms with Crippen LogP contribution in [0.4, 0.5) is 5.82 Å². The molecule has 5 nitrogen and oxygen atoms in total. The third-order valence-electron chi connectivity index (χ3n) is 4.85. The second-order valence-corrected chi connectivity index (χ2v) is 6.71. The maximum absolute atomic E-state index is 11.4. The standard InChI is InChI=1S/C23H26N2O3/c1-5-16-7-8-17-19(13-16)23(24-11-10-22(26)28-4)25-14-20(17)18-12-15(2)6-9-21(18)27-3/h6-9,12-14H,5,10-11H2,1-4H3,(H,24,25). The number of esters is 1. The summed E-state index contributed by atoms with van der Waals surface area (Å²) in [6.07, 6.45) is 3.10. The quantitative estimate of drug-likeness (QED) is 0.601. The van der Waals surface area contributed by atoms with Crippen LogP contribution in [0.15, 0.2) is 42.6 Å². The molecule has 1 N–H and O–H groups in total. The predicted molar refractivity (Wildman–Crippen MR) is 113 cm³/mol. The monoisotopic (exact) mass is 378 g/mol. The maximum atomic E-state index is 11.4. The number of rotatable bonds is 7. The first-order valence-corrected chi connectivity index (χ1v) is 9.44. The first-order valence-electron chi connectivity index (χ1n) is 9.44. The Bertz CT molecular complexity index is 999. The number of nitrogens with one attached hydrogen (secondary N) is 1. The maximum Gasteiger partial charge on any atom is 0.307 e. The van der Waals surface area contributed by atoms with E-state index >= 15 is 0 Å². The molecule has 0 aliphatic heterocycles. The first kappa shape index (κ1) is 19.7. The molecule has 1 aromatic heterocycles. The van der Waals surface area contributed by atoms with Gasteiger partial charge in [-0.2, -0.15) is 0 Å². The second kappa shape index (κ2) is 8.74. The number of anilines is 1. The number of hydrogen-bond donors (Lipinski definition) is 1. The highest BCUT2D eigenvalue weighted by Crippen LogP contribution is 2.37. The summed E-state index contributed by atoms with van der Waals surface area (Å²) in [6.45, 7) is 4.67. The van der Waals surface area contributed by atoms with Crippen LogP contribution in [-0.2, 0) is 16.0 Å². The van der Waals surface area contributed by atoms with Crippen LogP contribution in [0, 0.1) is 6.92 Å². The van der Waals surface area contributed by atoms with Crippen molar-refractivity contribution in [2.45, 2.75) is 26.7 Å². The molecule has 0 spiro atoms. The molecule has 3 aromatic rings. The number of aromatic nitrogens is 1. The van der Waals surface area contributed by atoms with Gasteiger partial charge in [0.1, 0.15) is 11.6 Å². The van der Waals surface area contributed by atoms with Gasteiger partial charge in [-0.3, -0.25) is 4.79 Å². The fraction of sp³-hybridized carbons (Fsp3) is 0.304. The van der Waals surface area contributed by atoms with E-state index in [1.165, 1.54) is 12.7 Å². The predicted octanol–water partition coefficient (Wildman–Crippen LogP) is 4.76. The molecule has 0 bridgehead atoms. The van der Waals surface area contributed by atoms with E-state index in [2.05, 4.69) is 48.4 Å². The minimum atomic E-state index is -0.243. The lowest BCUT2D eigenvalue weighted by Gasteiger charge is -2.15. The number of hydrogen-bond acceptors (Lipinski definition) is 5. The molecule has 0 aliphatic rings. The Balaban J connectivity index is 2.10. The van der Waals surface area contributed by atoms with E-state index in [0.29, 0.717) is 13.0 Å². The molecule has 0 fully saturated rings. The number of carbonyl (C=O) groups excluding carboxylic acids is 1. The number of carbonyl (C=O) groups is 1. The van der Waals surface area contributed by atoms with E-state index in [1.54, 1.807) is 7.11 Å². The molecule has 0 atom stereocenters. The highest BCUT2D eigenvalue weighted by molar-refractivity contribution is 6.03. The molecule has 0 radical (unpaired) electrons. The highest BCUT2D eigenvalue weighted by atomic mass is 16.5. The van der Waals surface area contributed by atoms with Gasteiger partial charge in [0, 0.05) is 29.3 Å². The molecule has 3 rings (SSSR count). The minimum Gasteiger partial charge on any atom is -0.496 e. The summed E-state index contributed by atoms with van der Waals surface area (Å²) >= 11 is 0. The number of benzene rings is 2. The van der Waals surface area contributed by atoms with E-state index in [1.807, 2.05) is 18.3 Å². The van der Waals surface area contributed by atoms with Crippen LogP contribution in [0.2, 0.25) is 0 Å². The summed E-state index contributed by atoms with van der Waals surface area (Å²) in [5.74, 6) is 1.34. The van der Waals surface area contributed by atoms with Crippen LogP contribution in [-0.4, -0.2) is 31.7 Å². The van der Waals surface area contributed by atoms with Crippen LogP contribution in [0.25, 0.3) is 21.9 Å². The van der Waals surface area contributed by atoms with Gasteiger partial charge >= 0.3 is 5.97 Å². The molecule has 0 amide bonds. The molecular formula is C23H26N2O3. The van der Waals surface area contributed by atoms with Gasteiger partial charge in [0.2, 0.25) is 0 Å². The van der Waals surface area contributed by atoms with Crippen molar-refractivity contribution in [2.24, 2.45) is 0 Å². The normalized spacial score (nSPS) is 10.7. The Kier molecular flexibility index (Phi) is 6.14. The molecule has 2 aromatic carbocycles. The van der Waals surface area contributed by atoms with Crippen molar-refractivity contribution in [1.29, 1.82) is 0 Å². The lowest BCUT2D eigenvalue weighted by Crippen LogP contribution is -2.11. The number of ether oxygens (including phenoxy) is 2. The van der Waals surface area contributed by atoms with Gasteiger partial charge < -0.3 is 14.8 Å². The smallest absolute Gasteiger partial charge is 0.307 e. The van der Waals surface area contributed by atoms with Gasteiger partial charge in [-0.1, -0.05) is 30.7 Å². The summed E-state index contributed by atoms with van der Waals surface area (Å²) in [5, 5.41) is 5.41. The zero-order valence-corrected chi connectivity index (χ0v) is 16.8. The highest BCUT2D eigenvalue weighted by Gasteiger charge is 2.14. The minimum absolute atomic E-state index is 0.243. The van der Waals surface area contributed by atoms with E-state index in [9.17, 15) is 4.79 Å². The molecule has 0 aliphatic carbocycles. The SMILES string of the molecule is CCc1ccc2c(-c3cc(C)ccc3OC)cnc(NCCC(=O)OC)c2c1. The van der Waals surface area contributed by atoms with Crippen molar-refractivity contribution in [3.05, 3.63) is 53.7 Å². The lowest BCUT2D eigenvalue weighted by atomic mass is 9.96. The van der Waals surface area contributed by atoms with Crippen molar-refractivity contribution in [3.8, 4) is 16.9 Å². The third-order valence-corrected chi connectivity index (χ3v) is 4.85. The van der Waals surface area contributed by atoms with Crippen LogP contribution < -0.4 is 10.1 Å². The molecule has 5 heteroatoms. The lowest BCUT2D eigenvalue weighted by molar-refractivity contribution is -0.140. The average Bonchev–Trinajstić information content (AvgIpc) is 2.73. The van der Waals surface area contributed by atoms with Crippen LogP contribution >= 0.6 is 0 Å². The first-order chi connectivity index (χ1) is 13.6. The number of nitrogens with zero attached hydrogens (tertiary/aromatic N) is 1. The van der Waals surface area contributed by atoms with Crippen molar-refractivity contribution < 1.29 is 14.3 Å². The largest absolute Gasteiger partial charge is 0.496 e. The molecule has 0 unspecified atom stereocenters. The van der Waals surface area contributed by atoms with E-state index in [0.717, 1.165) is 45.5 Å². The summed E-state index contributed by atoms with van der Waals surface area (Å²) in [5.41, 5.74) is 4.44. The van der Waals surface area contributed by atoms with Crippen molar-refractivity contribution >= 4 is 22.6 Å². The van der Waals surface area contributed by atoms with Crippen LogP contribution in [0.3, 0.4) is 0 Å². The van der Waals surface area contributed by atoms with E-state index < -0.39 is 0 Å². The molecular weight excluding hydrogens is 352 g/mol. The zero-order valence-electron chi connectivity index (χ0n) is 16.8. The Morgan fingerprint density at radius 3 is 2.61 bits per heavy atom. The number of aryl methyl sites for hydroxylation is 2. The molecule has 0 saturated carbocycles. The zero-order chi connectivity index (χ0) is 20.1. The summed E-state index contributed by atoms with van der Waals surface area (Å²) < 4.78 is 10.3. The van der Waals surface area contributed by atoms with Gasteiger partial charge in [0.05, 0.1) is 20.6 Å². The second-order valence-electron chi connectivity index (χ2n) is 6.71. The summed E-state index contributed by atoms with van der Waals surface area (Å²) in [6, 6.07) is 12.6. The van der Waals surface area contributed by atoms with Gasteiger partial charge in [-0.05, 0) is 42.5 Å². The Morgan fingerprint density at radius 2 is 1.89 bits per heavy atom. The molecule has 146 valence electrons. The fourth-order valence-electron chi connectivity index (χ4n) is 3.28. The van der Waals surface area contributed by atoms with E-state index in [4.69, 9.17) is 9.47 Å². The van der Waals surface area contributed by atoms with Gasteiger partial charge in [0.25, 0.3) is 0 Å². The topological polar surface area (TPSA) is 60.5 Å². The number of pyridine rings is 1.